The number of rotatable bonds is 1. The van der Waals surface area contributed by atoms with Crippen LogP contribution in [0.5, 0.6) is 0 Å². The van der Waals surface area contributed by atoms with Crippen molar-refractivity contribution in [2.24, 2.45) is 5.90 Å². The van der Waals surface area contributed by atoms with Crippen molar-refractivity contribution in [2.45, 2.75) is 5.51 Å². The summed E-state index contributed by atoms with van der Waals surface area (Å²) in [5.74, 6) is 3.78. The molecule has 9 heteroatoms. The summed E-state index contributed by atoms with van der Waals surface area (Å²) >= 11 is 0. The predicted octanol–water partition coefficient (Wildman–Crippen LogP) is -3.16. The van der Waals surface area contributed by atoms with Gasteiger partial charge < -0.3 is 1.43 Å². The van der Waals surface area contributed by atoms with Crippen molar-refractivity contribution >= 4 is 10.1 Å². The maximum absolute atomic E-state index is 11.0. The third-order valence-electron chi connectivity index (χ3n) is 0.410. The van der Waals surface area contributed by atoms with E-state index in [1.54, 1.807) is 0 Å². The Labute approximate surface area is 68.3 Å². The van der Waals surface area contributed by atoms with Crippen LogP contribution in [-0.4, -0.2) is 13.9 Å². The molecule has 58 valence electrons. The minimum Gasteiger partial charge on any atom is -1.00 e. The second-order valence-electron chi connectivity index (χ2n) is 0.996. The van der Waals surface area contributed by atoms with Crippen LogP contribution < -0.4 is 24.8 Å². The SMILES string of the molecule is NOS(=O)(=O)C(F)(F)F.[H-].[Li+]. The molecule has 0 saturated carbocycles. The van der Waals surface area contributed by atoms with Gasteiger partial charge in [0.15, 0.2) is 0 Å². The summed E-state index contributed by atoms with van der Waals surface area (Å²) in [4.78, 5) is 0. The molecule has 0 rings (SSSR count). The molecule has 0 fully saturated rings. The van der Waals surface area contributed by atoms with Gasteiger partial charge in [-0.15, -0.1) is 0 Å². The molecule has 0 saturated heterocycles. The van der Waals surface area contributed by atoms with Crippen LogP contribution >= 0.6 is 0 Å². The van der Waals surface area contributed by atoms with E-state index in [9.17, 15) is 21.6 Å². The number of nitrogens with two attached hydrogens (primary N) is 1. The standard InChI is InChI=1S/CH2F3NO3S.Li.H/c2-1(3,4)9(6,7)8-5;;/h5H2;;/q;+1;-1. The molecular formula is CH3F3LiNO3S. The van der Waals surface area contributed by atoms with Gasteiger partial charge in [-0.1, -0.05) is 0 Å². The average Bonchev–Trinajstić information content (AvgIpc) is 1.64. The molecule has 0 amide bonds. The monoisotopic (exact) mass is 173 g/mol. The van der Waals surface area contributed by atoms with E-state index in [1.807, 2.05) is 0 Å². The summed E-state index contributed by atoms with van der Waals surface area (Å²) in [5.41, 5.74) is -5.43. The van der Waals surface area contributed by atoms with Gasteiger partial charge in [0, 0.05) is 0 Å². The van der Waals surface area contributed by atoms with Gasteiger partial charge in [-0.3, -0.25) is 0 Å². The minimum absolute atomic E-state index is 0. The van der Waals surface area contributed by atoms with E-state index < -0.39 is 15.6 Å². The summed E-state index contributed by atoms with van der Waals surface area (Å²) in [5, 5.41) is 0. The van der Waals surface area contributed by atoms with Crippen molar-refractivity contribution in [3.63, 3.8) is 0 Å². The fraction of sp³-hybridized carbons (Fsp3) is 1.00. The Morgan fingerprint density at radius 1 is 1.40 bits per heavy atom. The van der Waals surface area contributed by atoms with Crippen LogP contribution in [0.1, 0.15) is 1.43 Å². The van der Waals surface area contributed by atoms with E-state index in [-0.39, 0.29) is 20.3 Å². The van der Waals surface area contributed by atoms with Crippen LogP contribution in [0.3, 0.4) is 0 Å². The molecule has 0 aromatic rings. The van der Waals surface area contributed by atoms with Crippen molar-refractivity contribution in [1.29, 1.82) is 0 Å². The molecule has 0 bridgehead atoms. The van der Waals surface area contributed by atoms with Crippen molar-refractivity contribution in [3.8, 4) is 0 Å². The number of alkyl halides is 3. The largest absolute Gasteiger partial charge is 1.00 e. The van der Waals surface area contributed by atoms with Crippen molar-refractivity contribution < 1.29 is 46.2 Å². The minimum atomic E-state index is -5.56. The second-order valence-corrected chi connectivity index (χ2v) is 2.56. The molecule has 0 aliphatic carbocycles. The first-order chi connectivity index (χ1) is 3.81. The average molecular weight is 173 g/mol. The molecule has 0 heterocycles. The van der Waals surface area contributed by atoms with Gasteiger partial charge in [0.2, 0.25) is 0 Å². The zero-order valence-electron chi connectivity index (χ0n) is 5.84. The summed E-state index contributed by atoms with van der Waals surface area (Å²) in [6.45, 7) is 0. The van der Waals surface area contributed by atoms with Crippen LogP contribution in [-0.2, 0) is 14.4 Å². The predicted molar refractivity (Wildman–Crippen MR) is 21.4 cm³/mol. The normalized spacial score (nSPS) is 12.4. The molecule has 0 aliphatic rings. The zero-order chi connectivity index (χ0) is 7.71. The Balaban J connectivity index is -0.000000320. The van der Waals surface area contributed by atoms with Gasteiger partial charge in [-0.05, 0) is 0 Å². The second kappa shape index (κ2) is 3.59. The Bertz CT molecular complexity index is 189. The molecule has 0 unspecified atom stereocenters. The maximum Gasteiger partial charge on any atom is 1.00 e. The molecule has 2 N–H and O–H groups in total. The maximum atomic E-state index is 11.0. The Hall–Kier alpha value is 0.257. The Morgan fingerprint density at radius 3 is 1.70 bits per heavy atom. The summed E-state index contributed by atoms with van der Waals surface area (Å²) in [6, 6.07) is 0. The first-order valence-corrected chi connectivity index (χ1v) is 2.92. The van der Waals surface area contributed by atoms with E-state index in [0.717, 1.165) is 0 Å². The van der Waals surface area contributed by atoms with E-state index in [4.69, 9.17) is 0 Å². The Morgan fingerprint density at radius 2 is 1.70 bits per heavy atom. The zero-order valence-corrected chi connectivity index (χ0v) is 5.66. The number of halogens is 3. The van der Waals surface area contributed by atoms with Gasteiger partial charge in [0.25, 0.3) is 0 Å². The van der Waals surface area contributed by atoms with Gasteiger partial charge >= 0.3 is 34.5 Å². The quantitative estimate of drug-likeness (QED) is 0.258. The first kappa shape index (κ1) is 12.9. The van der Waals surface area contributed by atoms with Crippen LogP contribution in [0.15, 0.2) is 0 Å². The molecular weight excluding hydrogens is 170 g/mol. The molecule has 0 spiro atoms. The van der Waals surface area contributed by atoms with Crippen LogP contribution in [0.2, 0.25) is 0 Å². The van der Waals surface area contributed by atoms with Gasteiger partial charge in [-0.2, -0.15) is 31.8 Å². The summed E-state index contributed by atoms with van der Waals surface area (Å²) < 4.78 is 54.9. The van der Waals surface area contributed by atoms with Crippen molar-refractivity contribution in [3.05, 3.63) is 0 Å². The summed E-state index contributed by atoms with van der Waals surface area (Å²) in [6.07, 6.45) is 0. The summed E-state index contributed by atoms with van der Waals surface area (Å²) in [7, 11) is -5.56. The van der Waals surface area contributed by atoms with Gasteiger partial charge in [0.1, 0.15) is 0 Å². The van der Waals surface area contributed by atoms with Gasteiger partial charge in [0.05, 0.1) is 0 Å². The molecule has 10 heavy (non-hydrogen) atoms. The van der Waals surface area contributed by atoms with Crippen LogP contribution in [0.4, 0.5) is 13.2 Å². The van der Waals surface area contributed by atoms with E-state index >= 15 is 0 Å². The molecule has 0 radical (unpaired) electrons. The van der Waals surface area contributed by atoms with E-state index in [0.29, 0.717) is 0 Å². The van der Waals surface area contributed by atoms with E-state index in [1.165, 1.54) is 0 Å². The molecule has 0 aromatic carbocycles. The third-order valence-corrected chi connectivity index (χ3v) is 1.23. The smallest absolute Gasteiger partial charge is 1.00 e. The number of hydrogen-bond donors (Lipinski definition) is 1. The molecule has 0 aliphatic heterocycles. The van der Waals surface area contributed by atoms with Crippen LogP contribution in [0, 0.1) is 0 Å². The topological polar surface area (TPSA) is 69.4 Å². The Kier molecular flexibility index (Phi) is 4.63. The van der Waals surface area contributed by atoms with Gasteiger partial charge in [-0.25, -0.2) is 0 Å². The number of hydrogen-bond acceptors (Lipinski definition) is 4. The first-order valence-electron chi connectivity index (χ1n) is 1.51. The molecule has 0 aromatic heterocycles. The fourth-order valence-electron chi connectivity index (χ4n) is 0.0546. The molecule has 4 nitrogen and oxygen atoms in total. The van der Waals surface area contributed by atoms with E-state index in [2.05, 4.69) is 10.2 Å². The fourth-order valence-corrected chi connectivity index (χ4v) is 0.164. The van der Waals surface area contributed by atoms with Crippen molar-refractivity contribution in [1.82, 2.24) is 0 Å². The van der Waals surface area contributed by atoms with Crippen LogP contribution in [0.25, 0.3) is 0 Å². The van der Waals surface area contributed by atoms with Crippen molar-refractivity contribution in [2.75, 3.05) is 0 Å². The molecule has 0 atom stereocenters. The third kappa shape index (κ3) is 2.89.